The molecule has 0 aromatic heterocycles. The van der Waals surface area contributed by atoms with Gasteiger partial charge in [0, 0.05) is 23.7 Å². The number of nitrogens with one attached hydrogen (secondary N) is 1. The first-order chi connectivity index (χ1) is 10.2. The highest BCUT2D eigenvalue weighted by molar-refractivity contribution is 5.63. The lowest BCUT2D eigenvalue weighted by Crippen LogP contribution is -2.06. The summed E-state index contributed by atoms with van der Waals surface area (Å²) in [6, 6.07) is 12.2. The maximum atomic E-state index is 5.44. The molecule has 1 heterocycles. The number of fused-ring (bicyclic) bond motifs is 1. The second kappa shape index (κ2) is 5.56. The Kier molecular flexibility index (Phi) is 3.60. The van der Waals surface area contributed by atoms with Crippen molar-refractivity contribution < 1.29 is 14.2 Å². The summed E-state index contributed by atoms with van der Waals surface area (Å²) in [5.41, 5.74) is 3.48. The van der Waals surface area contributed by atoms with E-state index in [0.717, 1.165) is 34.9 Å². The fourth-order valence-corrected chi connectivity index (χ4v) is 2.78. The Morgan fingerprint density at radius 1 is 0.952 bits per heavy atom. The van der Waals surface area contributed by atoms with Gasteiger partial charge in [0.15, 0.2) is 0 Å². The normalized spacial score (nSPS) is 16.0. The number of ether oxygens (including phenoxy) is 3. The van der Waals surface area contributed by atoms with Gasteiger partial charge in [0.1, 0.15) is 17.2 Å². The van der Waals surface area contributed by atoms with Crippen molar-refractivity contribution >= 4 is 5.69 Å². The van der Waals surface area contributed by atoms with Gasteiger partial charge in [-0.25, -0.2) is 0 Å². The second-order valence-corrected chi connectivity index (χ2v) is 5.03. The molecule has 0 spiro atoms. The number of methoxy groups -OCH3 is 3. The SMILES string of the molecule is COc1cc(OC)cc(C2Cc3c(cccc3OC)N2)c1. The van der Waals surface area contributed by atoms with E-state index in [9.17, 15) is 0 Å². The monoisotopic (exact) mass is 285 g/mol. The lowest BCUT2D eigenvalue weighted by Gasteiger charge is -2.14. The molecule has 3 rings (SSSR count). The van der Waals surface area contributed by atoms with Gasteiger partial charge in [0.2, 0.25) is 0 Å². The molecule has 0 bridgehead atoms. The zero-order valence-corrected chi connectivity index (χ0v) is 12.5. The molecule has 0 aliphatic carbocycles. The van der Waals surface area contributed by atoms with Gasteiger partial charge in [-0.3, -0.25) is 0 Å². The molecule has 1 aliphatic heterocycles. The van der Waals surface area contributed by atoms with Crippen LogP contribution in [0.5, 0.6) is 17.2 Å². The van der Waals surface area contributed by atoms with E-state index in [0.29, 0.717) is 0 Å². The van der Waals surface area contributed by atoms with Crippen LogP contribution in [-0.2, 0) is 6.42 Å². The molecule has 21 heavy (non-hydrogen) atoms. The summed E-state index contributed by atoms with van der Waals surface area (Å²) in [5, 5.41) is 3.54. The molecule has 1 aliphatic rings. The highest BCUT2D eigenvalue weighted by atomic mass is 16.5. The van der Waals surface area contributed by atoms with E-state index >= 15 is 0 Å². The van der Waals surface area contributed by atoms with E-state index in [2.05, 4.69) is 11.4 Å². The number of benzene rings is 2. The summed E-state index contributed by atoms with van der Waals surface area (Å²) in [7, 11) is 5.04. The zero-order valence-electron chi connectivity index (χ0n) is 12.5. The van der Waals surface area contributed by atoms with Crippen molar-refractivity contribution in [1.29, 1.82) is 0 Å². The average molecular weight is 285 g/mol. The fraction of sp³-hybridized carbons (Fsp3) is 0.294. The van der Waals surface area contributed by atoms with Crippen molar-refractivity contribution in [2.24, 2.45) is 0 Å². The quantitative estimate of drug-likeness (QED) is 0.934. The molecule has 0 fully saturated rings. The maximum Gasteiger partial charge on any atom is 0.124 e. The predicted octanol–water partition coefficient (Wildman–Crippen LogP) is 3.42. The van der Waals surface area contributed by atoms with Gasteiger partial charge in [-0.05, 0) is 29.8 Å². The molecule has 1 atom stereocenters. The molecule has 0 radical (unpaired) electrons. The predicted molar refractivity (Wildman–Crippen MR) is 82.6 cm³/mol. The molecular formula is C17H19NO3. The Balaban J connectivity index is 1.94. The van der Waals surface area contributed by atoms with E-state index in [1.807, 2.05) is 30.3 Å². The average Bonchev–Trinajstić information content (AvgIpc) is 2.98. The van der Waals surface area contributed by atoms with Crippen molar-refractivity contribution in [3.63, 3.8) is 0 Å². The Hall–Kier alpha value is -2.36. The van der Waals surface area contributed by atoms with Crippen molar-refractivity contribution in [2.75, 3.05) is 26.6 Å². The van der Waals surface area contributed by atoms with Gasteiger partial charge in [0.25, 0.3) is 0 Å². The van der Waals surface area contributed by atoms with E-state index in [1.165, 1.54) is 5.56 Å². The smallest absolute Gasteiger partial charge is 0.124 e. The molecule has 0 amide bonds. The third-order valence-corrected chi connectivity index (χ3v) is 3.87. The zero-order chi connectivity index (χ0) is 14.8. The molecule has 110 valence electrons. The van der Waals surface area contributed by atoms with E-state index < -0.39 is 0 Å². The minimum atomic E-state index is 0.195. The summed E-state index contributed by atoms with van der Waals surface area (Å²) >= 11 is 0. The minimum absolute atomic E-state index is 0.195. The standard InChI is InChI=1S/C17H19NO3/c1-19-12-7-11(8-13(9-12)20-2)16-10-14-15(18-16)5-4-6-17(14)21-3/h4-9,16,18H,10H2,1-3H3. The molecule has 0 saturated heterocycles. The summed E-state index contributed by atoms with van der Waals surface area (Å²) < 4.78 is 16.1. The largest absolute Gasteiger partial charge is 0.497 e. The van der Waals surface area contributed by atoms with Gasteiger partial charge in [-0.1, -0.05) is 6.07 Å². The van der Waals surface area contributed by atoms with E-state index in [1.54, 1.807) is 21.3 Å². The van der Waals surface area contributed by atoms with E-state index in [4.69, 9.17) is 14.2 Å². The first kappa shape index (κ1) is 13.6. The van der Waals surface area contributed by atoms with Crippen LogP contribution >= 0.6 is 0 Å². The van der Waals surface area contributed by atoms with Crippen LogP contribution in [0.3, 0.4) is 0 Å². The molecule has 2 aromatic carbocycles. The van der Waals surface area contributed by atoms with Gasteiger partial charge >= 0.3 is 0 Å². The van der Waals surface area contributed by atoms with Gasteiger partial charge in [-0.2, -0.15) is 0 Å². The third-order valence-electron chi connectivity index (χ3n) is 3.87. The number of anilines is 1. The third kappa shape index (κ3) is 2.49. The lowest BCUT2D eigenvalue weighted by molar-refractivity contribution is 0.393. The van der Waals surface area contributed by atoms with E-state index in [-0.39, 0.29) is 6.04 Å². The first-order valence-corrected chi connectivity index (χ1v) is 6.90. The highest BCUT2D eigenvalue weighted by Gasteiger charge is 2.25. The topological polar surface area (TPSA) is 39.7 Å². The van der Waals surface area contributed by atoms with Crippen LogP contribution in [-0.4, -0.2) is 21.3 Å². The van der Waals surface area contributed by atoms with Gasteiger partial charge < -0.3 is 19.5 Å². The van der Waals surface area contributed by atoms with Crippen molar-refractivity contribution in [2.45, 2.75) is 12.5 Å². The summed E-state index contributed by atoms with van der Waals surface area (Å²) in [4.78, 5) is 0. The molecule has 1 N–H and O–H groups in total. The van der Waals surface area contributed by atoms with Crippen LogP contribution in [0.15, 0.2) is 36.4 Å². The van der Waals surface area contributed by atoms with Crippen molar-refractivity contribution in [1.82, 2.24) is 0 Å². The number of hydrogen-bond acceptors (Lipinski definition) is 4. The number of hydrogen-bond donors (Lipinski definition) is 1. The minimum Gasteiger partial charge on any atom is -0.497 e. The highest BCUT2D eigenvalue weighted by Crippen LogP contribution is 2.40. The Bertz CT molecular complexity index is 632. The van der Waals surface area contributed by atoms with Gasteiger partial charge in [-0.15, -0.1) is 0 Å². The Morgan fingerprint density at radius 3 is 2.29 bits per heavy atom. The lowest BCUT2D eigenvalue weighted by atomic mass is 10.0. The number of rotatable bonds is 4. The van der Waals surface area contributed by atoms with Crippen LogP contribution in [0.1, 0.15) is 17.2 Å². The molecule has 2 aromatic rings. The van der Waals surface area contributed by atoms with Crippen molar-refractivity contribution in [3.05, 3.63) is 47.5 Å². The molecule has 4 heteroatoms. The van der Waals surface area contributed by atoms with Crippen LogP contribution in [0.4, 0.5) is 5.69 Å². The van der Waals surface area contributed by atoms with Crippen LogP contribution in [0, 0.1) is 0 Å². The van der Waals surface area contributed by atoms with Crippen molar-refractivity contribution in [3.8, 4) is 17.2 Å². The second-order valence-electron chi connectivity index (χ2n) is 5.03. The Labute approximate surface area is 124 Å². The van der Waals surface area contributed by atoms with Crippen LogP contribution in [0.25, 0.3) is 0 Å². The summed E-state index contributed by atoms with van der Waals surface area (Å²) in [5.74, 6) is 2.53. The molecule has 1 unspecified atom stereocenters. The Morgan fingerprint density at radius 2 is 1.67 bits per heavy atom. The maximum absolute atomic E-state index is 5.44. The molecule has 4 nitrogen and oxygen atoms in total. The first-order valence-electron chi connectivity index (χ1n) is 6.90. The molecule has 0 saturated carbocycles. The van der Waals surface area contributed by atoms with Gasteiger partial charge in [0.05, 0.1) is 27.4 Å². The fourth-order valence-electron chi connectivity index (χ4n) is 2.78. The van der Waals surface area contributed by atoms with Crippen LogP contribution in [0.2, 0.25) is 0 Å². The molecular weight excluding hydrogens is 266 g/mol. The van der Waals surface area contributed by atoms with Crippen LogP contribution < -0.4 is 19.5 Å². The summed E-state index contributed by atoms with van der Waals surface area (Å²) in [6.07, 6.45) is 0.885. The summed E-state index contributed by atoms with van der Waals surface area (Å²) in [6.45, 7) is 0.